The third-order valence-corrected chi connectivity index (χ3v) is 1.32. The number of benzene rings is 1. The predicted molar refractivity (Wildman–Crippen MR) is 42.7 cm³/mol. The highest BCUT2D eigenvalue weighted by Crippen LogP contribution is 2.15. The molecule has 60 valence electrons. The summed E-state index contributed by atoms with van der Waals surface area (Å²) in [5.41, 5.74) is 0.286. The maximum atomic E-state index is 12.9. The van der Waals surface area contributed by atoms with E-state index in [-0.39, 0.29) is 11.3 Å². The van der Waals surface area contributed by atoms with Crippen LogP contribution in [-0.4, -0.2) is 5.11 Å². The third kappa shape index (κ3) is 1.83. The van der Waals surface area contributed by atoms with Crippen LogP contribution in [0.4, 0.5) is 4.39 Å². The van der Waals surface area contributed by atoms with E-state index in [0.29, 0.717) is 0 Å². The van der Waals surface area contributed by atoms with E-state index in [1.54, 1.807) is 6.07 Å². The van der Waals surface area contributed by atoms with Crippen LogP contribution in [0, 0.1) is 17.1 Å². The Labute approximate surface area is 69.2 Å². The number of aromatic hydroxyl groups is 1. The van der Waals surface area contributed by atoms with Crippen LogP contribution in [-0.2, 0) is 0 Å². The van der Waals surface area contributed by atoms with Crippen molar-refractivity contribution in [1.29, 1.82) is 5.26 Å². The zero-order valence-corrected chi connectivity index (χ0v) is 6.16. The topological polar surface area (TPSA) is 44.0 Å². The first-order valence-corrected chi connectivity index (χ1v) is 3.28. The lowest BCUT2D eigenvalue weighted by atomic mass is 10.2. The Balaban J connectivity index is 3.03. The summed E-state index contributed by atoms with van der Waals surface area (Å²) in [6.45, 7) is 0. The van der Waals surface area contributed by atoms with Crippen LogP contribution in [0.3, 0.4) is 0 Å². The minimum Gasteiger partial charge on any atom is -0.508 e. The summed E-state index contributed by atoms with van der Waals surface area (Å²) in [6, 6.07) is 5.51. The molecule has 0 aliphatic carbocycles. The van der Waals surface area contributed by atoms with Crippen LogP contribution in [0.15, 0.2) is 24.3 Å². The fraction of sp³-hybridized carbons (Fsp3) is 0. The number of rotatable bonds is 1. The number of nitriles is 1. The number of nitrogens with zero attached hydrogens (tertiary/aromatic N) is 1. The van der Waals surface area contributed by atoms with E-state index in [0.717, 1.165) is 6.07 Å². The molecule has 12 heavy (non-hydrogen) atoms. The van der Waals surface area contributed by atoms with E-state index >= 15 is 0 Å². The van der Waals surface area contributed by atoms with Gasteiger partial charge in [-0.3, -0.25) is 0 Å². The van der Waals surface area contributed by atoms with Crippen molar-refractivity contribution in [3.8, 4) is 11.8 Å². The van der Waals surface area contributed by atoms with Gasteiger partial charge in [0.1, 0.15) is 11.6 Å². The average Bonchev–Trinajstić information content (AvgIpc) is 2.03. The normalized spacial score (nSPS) is 10.0. The van der Waals surface area contributed by atoms with Crippen molar-refractivity contribution < 1.29 is 9.50 Å². The van der Waals surface area contributed by atoms with E-state index in [1.165, 1.54) is 24.3 Å². The lowest BCUT2D eigenvalue weighted by Crippen LogP contribution is -1.79. The van der Waals surface area contributed by atoms with Crippen LogP contribution in [0.1, 0.15) is 5.56 Å². The van der Waals surface area contributed by atoms with Crippen molar-refractivity contribution in [1.82, 2.24) is 0 Å². The molecule has 0 atom stereocenters. The van der Waals surface area contributed by atoms with Crippen LogP contribution in [0.25, 0.3) is 6.08 Å². The summed E-state index contributed by atoms with van der Waals surface area (Å²) in [6.07, 6.45) is 2.52. The largest absolute Gasteiger partial charge is 0.508 e. The summed E-state index contributed by atoms with van der Waals surface area (Å²) in [5.74, 6) is -0.664. The molecule has 0 aliphatic rings. The number of phenolic OH excluding ortho intramolecular Hbond substituents is 1. The van der Waals surface area contributed by atoms with Crippen molar-refractivity contribution >= 4 is 6.08 Å². The molecule has 0 aromatic heterocycles. The standard InChI is InChI=1S/C9H6FNO/c10-9-6-8(12)4-3-7(9)2-1-5-11/h1-4,6,12H. The van der Waals surface area contributed by atoms with Gasteiger partial charge in [-0.05, 0) is 18.2 Å². The third-order valence-electron chi connectivity index (χ3n) is 1.32. The molecule has 3 heteroatoms. The number of hydrogen-bond acceptors (Lipinski definition) is 2. The molecule has 0 saturated carbocycles. The molecule has 2 nitrogen and oxygen atoms in total. The Bertz CT molecular complexity index is 352. The van der Waals surface area contributed by atoms with Crippen LogP contribution < -0.4 is 0 Å². The SMILES string of the molecule is N#CC=Cc1ccc(O)cc1F. The molecule has 0 aliphatic heterocycles. The Hall–Kier alpha value is -1.82. The summed E-state index contributed by atoms with van der Waals surface area (Å²) in [7, 11) is 0. The summed E-state index contributed by atoms with van der Waals surface area (Å²) in [4.78, 5) is 0. The quantitative estimate of drug-likeness (QED) is 0.644. The van der Waals surface area contributed by atoms with Gasteiger partial charge in [0.25, 0.3) is 0 Å². The molecule has 1 aromatic carbocycles. The summed E-state index contributed by atoms with van der Waals surface area (Å²) < 4.78 is 12.9. The molecular weight excluding hydrogens is 157 g/mol. The van der Waals surface area contributed by atoms with Crippen molar-refractivity contribution in [3.63, 3.8) is 0 Å². The Kier molecular flexibility index (Phi) is 2.44. The predicted octanol–water partition coefficient (Wildman–Crippen LogP) is 2.07. The highest BCUT2D eigenvalue weighted by atomic mass is 19.1. The summed E-state index contributed by atoms with van der Waals surface area (Å²) in [5, 5.41) is 17.0. The molecular formula is C9H6FNO. The first-order chi connectivity index (χ1) is 5.74. The minimum absolute atomic E-state index is 0.124. The fourth-order valence-corrected chi connectivity index (χ4v) is 0.778. The minimum atomic E-state index is -0.540. The maximum absolute atomic E-state index is 12.9. The van der Waals surface area contributed by atoms with Gasteiger partial charge in [0.2, 0.25) is 0 Å². The number of phenols is 1. The van der Waals surface area contributed by atoms with Gasteiger partial charge in [0.15, 0.2) is 0 Å². The fourth-order valence-electron chi connectivity index (χ4n) is 0.778. The molecule has 1 N–H and O–H groups in total. The second-order valence-electron chi connectivity index (χ2n) is 2.17. The van der Waals surface area contributed by atoms with E-state index in [1.807, 2.05) is 0 Å². The lowest BCUT2D eigenvalue weighted by Gasteiger charge is -1.95. The molecule has 1 rings (SSSR count). The Morgan fingerprint density at radius 1 is 1.50 bits per heavy atom. The van der Waals surface area contributed by atoms with E-state index < -0.39 is 5.82 Å². The number of allylic oxidation sites excluding steroid dienone is 1. The van der Waals surface area contributed by atoms with E-state index in [9.17, 15) is 4.39 Å². The zero-order chi connectivity index (χ0) is 8.97. The highest BCUT2D eigenvalue weighted by molar-refractivity contribution is 5.53. The van der Waals surface area contributed by atoms with Crippen molar-refractivity contribution in [2.45, 2.75) is 0 Å². The van der Waals surface area contributed by atoms with E-state index in [2.05, 4.69) is 0 Å². The maximum Gasteiger partial charge on any atom is 0.134 e. The molecule has 0 spiro atoms. The first kappa shape index (κ1) is 8.28. The molecule has 0 amide bonds. The average molecular weight is 163 g/mol. The van der Waals surface area contributed by atoms with Crippen LogP contribution >= 0.6 is 0 Å². The summed E-state index contributed by atoms with van der Waals surface area (Å²) >= 11 is 0. The van der Waals surface area contributed by atoms with E-state index in [4.69, 9.17) is 10.4 Å². The molecule has 0 saturated heterocycles. The van der Waals surface area contributed by atoms with Crippen molar-refractivity contribution in [2.75, 3.05) is 0 Å². The monoisotopic (exact) mass is 163 g/mol. The lowest BCUT2D eigenvalue weighted by molar-refractivity contribution is 0.469. The molecule has 0 unspecified atom stereocenters. The zero-order valence-electron chi connectivity index (χ0n) is 6.16. The van der Waals surface area contributed by atoms with Gasteiger partial charge >= 0.3 is 0 Å². The highest BCUT2D eigenvalue weighted by Gasteiger charge is 1.98. The van der Waals surface area contributed by atoms with Gasteiger partial charge in [-0.1, -0.05) is 0 Å². The van der Waals surface area contributed by atoms with Gasteiger partial charge in [-0.25, -0.2) is 4.39 Å². The van der Waals surface area contributed by atoms with Gasteiger partial charge in [-0.2, -0.15) is 5.26 Å². The molecule has 0 bridgehead atoms. The van der Waals surface area contributed by atoms with Gasteiger partial charge < -0.3 is 5.11 Å². The molecule has 0 heterocycles. The molecule has 1 aromatic rings. The Morgan fingerprint density at radius 2 is 2.25 bits per heavy atom. The van der Waals surface area contributed by atoms with Crippen molar-refractivity contribution in [3.05, 3.63) is 35.7 Å². The van der Waals surface area contributed by atoms with Gasteiger partial charge in [-0.15, -0.1) is 0 Å². The van der Waals surface area contributed by atoms with Crippen LogP contribution in [0.2, 0.25) is 0 Å². The van der Waals surface area contributed by atoms with Gasteiger partial charge in [0, 0.05) is 17.7 Å². The Morgan fingerprint density at radius 3 is 2.83 bits per heavy atom. The smallest absolute Gasteiger partial charge is 0.134 e. The molecule has 0 fully saturated rings. The second kappa shape index (κ2) is 3.54. The number of halogens is 1. The number of hydrogen-bond donors (Lipinski definition) is 1. The first-order valence-electron chi connectivity index (χ1n) is 3.28. The van der Waals surface area contributed by atoms with Crippen LogP contribution in [0.5, 0.6) is 5.75 Å². The second-order valence-corrected chi connectivity index (χ2v) is 2.17. The van der Waals surface area contributed by atoms with Gasteiger partial charge in [0.05, 0.1) is 6.07 Å². The van der Waals surface area contributed by atoms with Crippen molar-refractivity contribution in [2.24, 2.45) is 0 Å². The molecule has 0 radical (unpaired) electrons.